The molecule has 0 spiro atoms. The molecule has 0 unspecified atom stereocenters. The molecule has 1 fully saturated rings. The predicted octanol–water partition coefficient (Wildman–Crippen LogP) is 3.67. The Labute approximate surface area is 217 Å². The van der Waals surface area contributed by atoms with Gasteiger partial charge in [-0.25, -0.2) is 9.97 Å². The molecule has 2 aromatic heterocycles. The number of piperidine rings is 1. The van der Waals surface area contributed by atoms with Gasteiger partial charge in [-0.05, 0) is 62.1 Å². The van der Waals surface area contributed by atoms with E-state index in [0.29, 0.717) is 18.8 Å². The molecule has 0 radical (unpaired) electrons. The zero-order valence-corrected chi connectivity index (χ0v) is 21.5. The highest BCUT2D eigenvalue weighted by Gasteiger charge is 2.26. The van der Waals surface area contributed by atoms with Crippen LogP contribution in [0.15, 0.2) is 41.9 Å². The summed E-state index contributed by atoms with van der Waals surface area (Å²) in [5.74, 6) is -0.216. The van der Waals surface area contributed by atoms with Crippen LogP contribution in [0.2, 0.25) is 5.15 Å². The van der Waals surface area contributed by atoms with E-state index in [-0.39, 0.29) is 34.8 Å². The van der Waals surface area contributed by atoms with E-state index in [1.165, 1.54) is 35.2 Å². The number of aromatic nitrogens is 2. The molecule has 0 saturated carbocycles. The number of carbonyl (C=O) groups is 3. The fraction of sp³-hybridized carbons (Fsp3) is 0.320. The van der Waals surface area contributed by atoms with Crippen molar-refractivity contribution in [2.24, 2.45) is 0 Å². The van der Waals surface area contributed by atoms with Gasteiger partial charge in [-0.2, -0.15) is 0 Å². The second-order valence-electron chi connectivity index (χ2n) is 8.54. The Kier molecular flexibility index (Phi) is 8.17. The number of aryl methyl sites for hydroxylation is 2. The molecule has 4 rings (SSSR count). The van der Waals surface area contributed by atoms with E-state index < -0.39 is 11.8 Å². The van der Waals surface area contributed by atoms with Gasteiger partial charge in [-0.15, -0.1) is 11.3 Å². The van der Waals surface area contributed by atoms with Crippen LogP contribution in [0.4, 0.5) is 0 Å². The standard InChI is InChI=1S/C25H26ClN5O4S/c1-15-3-4-19(11-16(15)2)35-13-22(32)31-9-6-17(7-10-31)25-28-20(14-36-25)24(34)30-29-23(33)18-5-8-27-21(26)12-18/h3-5,8,11-12,14,17H,6-7,9-10,13H2,1-2H3,(H,29,33)(H,30,34). The minimum Gasteiger partial charge on any atom is -0.484 e. The van der Waals surface area contributed by atoms with Crippen molar-refractivity contribution in [2.45, 2.75) is 32.6 Å². The Balaban J connectivity index is 1.23. The fourth-order valence-corrected chi connectivity index (χ4v) is 4.93. The molecule has 1 saturated heterocycles. The summed E-state index contributed by atoms with van der Waals surface area (Å²) in [4.78, 5) is 47.3. The molecule has 1 aliphatic rings. The molecule has 3 aromatic rings. The number of nitrogens with one attached hydrogen (secondary N) is 2. The molecule has 0 atom stereocenters. The zero-order chi connectivity index (χ0) is 25.7. The van der Waals surface area contributed by atoms with Crippen LogP contribution in [0.1, 0.15) is 55.7 Å². The van der Waals surface area contributed by atoms with E-state index in [9.17, 15) is 14.4 Å². The number of thiazole rings is 1. The molecular formula is C25H26ClN5O4S. The minimum atomic E-state index is -0.512. The molecule has 1 aromatic carbocycles. The quantitative estimate of drug-likeness (QED) is 0.373. The van der Waals surface area contributed by atoms with Crippen molar-refractivity contribution < 1.29 is 19.1 Å². The van der Waals surface area contributed by atoms with Crippen molar-refractivity contribution in [1.29, 1.82) is 0 Å². The third-order valence-corrected chi connectivity index (χ3v) is 7.28. The van der Waals surface area contributed by atoms with Crippen molar-refractivity contribution in [2.75, 3.05) is 19.7 Å². The average molecular weight is 528 g/mol. The molecule has 1 aliphatic heterocycles. The number of nitrogens with zero attached hydrogens (tertiary/aromatic N) is 3. The highest BCUT2D eigenvalue weighted by molar-refractivity contribution is 7.09. The third kappa shape index (κ3) is 6.38. The number of hydrogen-bond acceptors (Lipinski definition) is 7. The van der Waals surface area contributed by atoms with Crippen molar-refractivity contribution in [3.63, 3.8) is 0 Å². The molecule has 0 aliphatic carbocycles. The minimum absolute atomic E-state index is 0.00611. The maximum atomic E-state index is 12.6. The lowest BCUT2D eigenvalue weighted by atomic mass is 9.97. The van der Waals surface area contributed by atoms with Gasteiger partial charge in [0, 0.05) is 36.1 Å². The van der Waals surface area contributed by atoms with E-state index >= 15 is 0 Å². The maximum Gasteiger partial charge on any atom is 0.289 e. The molecule has 11 heteroatoms. The molecule has 3 amide bonds. The summed E-state index contributed by atoms with van der Waals surface area (Å²) in [6.45, 7) is 5.26. The first-order chi connectivity index (χ1) is 17.3. The Bertz CT molecular complexity index is 1270. The zero-order valence-electron chi connectivity index (χ0n) is 19.9. The smallest absolute Gasteiger partial charge is 0.289 e. The Morgan fingerprint density at radius 1 is 1.08 bits per heavy atom. The predicted molar refractivity (Wildman–Crippen MR) is 136 cm³/mol. The third-order valence-electron chi connectivity index (χ3n) is 6.07. The second kappa shape index (κ2) is 11.5. The van der Waals surface area contributed by atoms with Crippen LogP contribution in [-0.4, -0.2) is 52.3 Å². The Hall–Kier alpha value is -3.50. The van der Waals surface area contributed by atoms with Crippen LogP contribution in [0.5, 0.6) is 5.75 Å². The highest BCUT2D eigenvalue weighted by atomic mass is 35.5. The number of benzene rings is 1. The van der Waals surface area contributed by atoms with Gasteiger partial charge in [0.25, 0.3) is 17.7 Å². The molecule has 0 bridgehead atoms. The summed E-state index contributed by atoms with van der Waals surface area (Å²) in [5.41, 5.74) is 7.51. The summed E-state index contributed by atoms with van der Waals surface area (Å²) in [5, 5.41) is 2.68. The van der Waals surface area contributed by atoms with Crippen molar-refractivity contribution in [1.82, 2.24) is 25.7 Å². The molecule has 3 heterocycles. The number of hydrogen-bond donors (Lipinski definition) is 2. The van der Waals surface area contributed by atoms with Crippen LogP contribution in [0, 0.1) is 13.8 Å². The summed E-state index contributed by atoms with van der Waals surface area (Å²) < 4.78 is 5.69. The second-order valence-corrected chi connectivity index (χ2v) is 9.81. The van der Waals surface area contributed by atoms with Gasteiger partial charge in [0.05, 0.1) is 5.01 Å². The van der Waals surface area contributed by atoms with Crippen molar-refractivity contribution in [3.8, 4) is 5.75 Å². The lowest BCUT2D eigenvalue weighted by Gasteiger charge is -2.31. The molecule has 188 valence electrons. The van der Waals surface area contributed by atoms with E-state index in [4.69, 9.17) is 16.3 Å². The number of hydrazine groups is 1. The number of ether oxygens (including phenoxy) is 1. The van der Waals surface area contributed by atoms with Crippen LogP contribution in [0.25, 0.3) is 0 Å². The monoisotopic (exact) mass is 527 g/mol. The Morgan fingerprint density at radius 2 is 1.83 bits per heavy atom. The van der Waals surface area contributed by atoms with Gasteiger partial charge < -0.3 is 9.64 Å². The van der Waals surface area contributed by atoms with E-state index in [0.717, 1.165) is 23.4 Å². The fourth-order valence-electron chi connectivity index (χ4n) is 3.79. The summed E-state index contributed by atoms with van der Waals surface area (Å²) in [7, 11) is 0. The first-order valence-corrected chi connectivity index (χ1v) is 12.7. The van der Waals surface area contributed by atoms with Gasteiger partial charge in [0.2, 0.25) is 0 Å². The number of halogens is 1. The van der Waals surface area contributed by atoms with Crippen molar-refractivity contribution in [3.05, 3.63) is 74.5 Å². The van der Waals surface area contributed by atoms with Crippen LogP contribution in [-0.2, 0) is 4.79 Å². The number of rotatable bonds is 6. The van der Waals surface area contributed by atoms with Crippen LogP contribution >= 0.6 is 22.9 Å². The normalized spacial score (nSPS) is 13.8. The molecular weight excluding hydrogens is 502 g/mol. The first kappa shape index (κ1) is 25.6. The van der Waals surface area contributed by atoms with Crippen molar-refractivity contribution >= 4 is 40.7 Å². The Morgan fingerprint density at radius 3 is 2.56 bits per heavy atom. The summed E-state index contributed by atoms with van der Waals surface area (Å²) in [6, 6.07) is 8.68. The summed E-state index contributed by atoms with van der Waals surface area (Å²) >= 11 is 7.18. The van der Waals surface area contributed by atoms with Gasteiger partial charge >= 0.3 is 0 Å². The number of carbonyl (C=O) groups excluding carboxylic acids is 3. The van der Waals surface area contributed by atoms with Crippen LogP contribution in [0.3, 0.4) is 0 Å². The number of likely N-dealkylation sites (tertiary alicyclic amines) is 1. The SMILES string of the molecule is Cc1ccc(OCC(=O)N2CCC(c3nc(C(=O)NNC(=O)c4ccnc(Cl)c4)cs3)CC2)cc1C. The number of pyridine rings is 1. The topological polar surface area (TPSA) is 114 Å². The number of amides is 3. The van der Waals surface area contributed by atoms with Crippen LogP contribution < -0.4 is 15.6 Å². The van der Waals surface area contributed by atoms with E-state index in [1.807, 2.05) is 32.0 Å². The van der Waals surface area contributed by atoms with E-state index in [1.54, 1.807) is 10.3 Å². The van der Waals surface area contributed by atoms with Gasteiger partial charge in [0.15, 0.2) is 6.61 Å². The summed E-state index contributed by atoms with van der Waals surface area (Å²) in [6.07, 6.45) is 2.91. The van der Waals surface area contributed by atoms with Gasteiger partial charge in [0.1, 0.15) is 16.6 Å². The van der Waals surface area contributed by atoms with Gasteiger partial charge in [-0.1, -0.05) is 17.7 Å². The lowest BCUT2D eigenvalue weighted by Crippen LogP contribution is -2.42. The van der Waals surface area contributed by atoms with Gasteiger partial charge in [-0.3, -0.25) is 25.2 Å². The highest BCUT2D eigenvalue weighted by Crippen LogP contribution is 2.30. The molecule has 2 N–H and O–H groups in total. The molecule has 9 nitrogen and oxygen atoms in total. The lowest BCUT2D eigenvalue weighted by molar-refractivity contribution is -0.134. The largest absolute Gasteiger partial charge is 0.484 e. The van der Waals surface area contributed by atoms with E-state index in [2.05, 4.69) is 20.8 Å². The first-order valence-electron chi connectivity index (χ1n) is 11.5. The average Bonchev–Trinajstić information content (AvgIpc) is 3.38. The maximum absolute atomic E-state index is 12.6. The molecule has 36 heavy (non-hydrogen) atoms.